The van der Waals surface area contributed by atoms with Gasteiger partial charge >= 0.3 is 0 Å². The molecule has 0 aromatic heterocycles. The summed E-state index contributed by atoms with van der Waals surface area (Å²) < 4.78 is 0. The quantitative estimate of drug-likeness (QED) is 0.704. The Morgan fingerprint density at radius 2 is 2.00 bits per heavy atom. The number of anilines is 2. The summed E-state index contributed by atoms with van der Waals surface area (Å²) in [6.45, 7) is 3.10. The van der Waals surface area contributed by atoms with Gasteiger partial charge in [0.25, 0.3) is 0 Å². The van der Waals surface area contributed by atoms with Crippen LogP contribution in [-0.2, 0) is 6.54 Å². The maximum atomic E-state index is 6.07. The van der Waals surface area contributed by atoms with Gasteiger partial charge in [-0.2, -0.15) is 0 Å². The van der Waals surface area contributed by atoms with Crippen LogP contribution in [0.2, 0.25) is 0 Å². The Hall–Kier alpha value is -1.51. The number of nitrogen functional groups attached to an aromatic ring is 1. The smallest absolute Gasteiger partial charge is 0.0647 e. The van der Waals surface area contributed by atoms with Crippen LogP contribution in [0.3, 0.4) is 0 Å². The van der Waals surface area contributed by atoms with E-state index in [9.17, 15) is 0 Å². The molecular weight excluding hydrogens is 186 g/mol. The van der Waals surface area contributed by atoms with Crippen LogP contribution in [-0.4, -0.2) is 19.3 Å². The van der Waals surface area contributed by atoms with Gasteiger partial charge in [-0.05, 0) is 36.1 Å². The summed E-state index contributed by atoms with van der Waals surface area (Å²) in [5, 5.41) is 0. The van der Waals surface area contributed by atoms with E-state index >= 15 is 0 Å². The maximum absolute atomic E-state index is 6.07. The molecule has 0 radical (unpaired) electrons. The highest BCUT2D eigenvalue weighted by atomic mass is 15.1. The van der Waals surface area contributed by atoms with Gasteiger partial charge in [-0.15, -0.1) is 0 Å². The van der Waals surface area contributed by atoms with Crippen molar-refractivity contribution in [1.82, 2.24) is 0 Å². The highest BCUT2D eigenvalue weighted by molar-refractivity contribution is 5.88. The molecule has 0 spiro atoms. The Kier molecular flexibility index (Phi) is 1.91. The highest BCUT2D eigenvalue weighted by Gasteiger charge is 2.17. The first-order valence-electron chi connectivity index (χ1n) is 5.52. The monoisotopic (exact) mass is 201 g/mol. The molecule has 2 heterocycles. The lowest BCUT2D eigenvalue weighted by molar-refractivity contribution is 0.949. The van der Waals surface area contributed by atoms with Crippen LogP contribution in [0.15, 0.2) is 17.1 Å². The van der Waals surface area contributed by atoms with Crippen molar-refractivity contribution in [2.24, 2.45) is 4.99 Å². The molecule has 3 heteroatoms. The van der Waals surface area contributed by atoms with E-state index in [0.717, 1.165) is 25.3 Å². The lowest BCUT2D eigenvalue weighted by Gasteiger charge is -2.20. The summed E-state index contributed by atoms with van der Waals surface area (Å²) >= 11 is 0. The van der Waals surface area contributed by atoms with Crippen LogP contribution in [0.5, 0.6) is 0 Å². The molecule has 1 aromatic rings. The van der Waals surface area contributed by atoms with Crippen molar-refractivity contribution in [2.75, 3.05) is 23.7 Å². The molecule has 0 bridgehead atoms. The van der Waals surface area contributed by atoms with Crippen LogP contribution in [0, 0.1) is 0 Å². The molecular formula is C12H15N3. The summed E-state index contributed by atoms with van der Waals surface area (Å²) in [7, 11) is 0. The standard InChI is InChI=1S/C12H15N3/c13-11-5-9-7-14-8-10(9)6-12(11)15-3-1-2-4-15/h5-7H,1-4,8,13H2. The average Bonchev–Trinajstić information content (AvgIpc) is 2.85. The van der Waals surface area contributed by atoms with Gasteiger partial charge in [-0.3, -0.25) is 4.99 Å². The minimum Gasteiger partial charge on any atom is -0.397 e. The molecule has 2 aliphatic rings. The van der Waals surface area contributed by atoms with Crippen LogP contribution in [0.25, 0.3) is 0 Å². The van der Waals surface area contributed by atoms with E-state index in [1.54, 1.807) is 0 Å². The molecule has 3 rings (SSSR count). The second kappa shape index (κ2) is 3.26. The molecule has 1 saturated heterocycles. The third-order valence-electron chi connectivity index (χ3n) is 3.23. The van der Waals surface area contributed by atoms with Crippen molar-refractivity contribution in [2.45, 2.75) is 19.4 Å². The second-order valence-electron chi connectivity index (χ2n) is 4.27. The number of hydrogen-bond donors (Lipinski definition) is 1. The number of rotatable bonds is 1. The summed E-state index contributed by atoms with van der Waals surface area (Å²) in [6, 6.07) is 4.27. The zero-order valence-corrected chi connectivity index (χ0v) is 8.74. The first-order valence-corrected chi connectivity index (χ1v) is 5.52. The lowest BCUT2D eigenvalue weighted by atomic mass is 10.1. The normalized spacial score (nSPS) is 18.5. The molecule has 15 heavy (non-hydrogen) atoms. The van der Waals surface area contributed by atoms with Crippen LogP contribution < -0.4 is 10.6 Å². The van der Waals surface area contributed by atoms with E-state index in [0.29, 0.717) is 0 Å². The number of fused-ring (bicyclic) bond motifs is 1. The number of nitrogens with two attached hydrogens (primary N) is 1. The zero-order valence-electron chi connectivity index (χ0n) is 8.74. The molecule has 3 nitrogen and oxygen atoms in total. The Balaban J connectivity index is 2.02. The van der Waals surface area contributed by atoms with Gasteiger partial charge in [0.1, 0.15) is 0 Å². The van der Waals surface area contributed by atoms with E-state index in [1.165, 1.54) is 29.7 Å². The highest BCUT2D eigenvalue weighted by Crippen LogP contribution is 2.31. The molecule has 1 aromatic carbocycles. The Morgan fingerprint density at radius 1 is 1.20 bits per heavy atom. The van der Waals surface area contributed by atoms with Gasteiger partial charge in [0.2, 0.25) is 0 Å². The largest absolute Gasteiger partial charge is 0.397 e. The summed E-state index contributed by atoms with van der Waals surface area (Å²) in [6.07, 6.45) is 4.49. The van der Waals surface area contributed by atoms with Crippen molar-refractivity contribution < 1.29 is 0 Å². The molecule has 0 saturated carbocycles. The average molecular weight is 201 g/mol. The van der Waals surface area contributed by atoms with E-state index in [1.807, 2.05) is 6.21 Å². The Bertz CT molecular complexity index is 417. The summed E-state index contributed by atoms with van der Waals surface area (Å²) in [5.74, 6) is 0. The fourth-order valence-electron chi connectivity index (χ4n) is 2.40. The Labute approximate surface area is 89.6 Å². The third-order valence-corrected chi connectivity index (χ3v) is 3.23. The fourth-order valence-corrected chi connectivity index (χ4v) is 2.40. The van der Waals surface area contributed by atoms with Gasteiger partial charge in [-0.25, -0.2) is 0 Å². The van der Waals surface area contributed by atoms with Gasteiger partial charge in [0.15, 0.2) is 0 Å². The van der Waals surface area contributed by atoms with E-state index in [-0.39, 0.29) is 0 Å². The molecule has 0 aliphatic carbocycles. The summed E-state index contributed by atoms with van der Waals surface area (Å²) in [4.78, 5) is 6.64. The summed E-state index contributed by atoms with van der Waals surface area (Å²) in [5.41, 5.74) is 10.7. The predicted octanol–water partition coefficient (Wildman–Crippen LogP) is 1.80. The molecule has 78 valence electrons. The minimum absolute atomic E-state index is 0.816. The first kappa shape index (κ1) is 8.77. The third kappa shape index (κ3) is 1.39. The minimum atomic E-state index is 0.816. The molecule has 0 amide bonds. The van der Waals surface area contributed by atoms with Crippen LogP contribution in [0.1, 0.15) is 24.0 Å². The van der Waals surface area contributed by atoms with Crippen molar-refractivity contribution in [3.63, 3.8) is 0 Å². The molecule has 1 fully saturated rings. The van der Waals surface area contributed by atoms with Crippen LogP contribution >= 0.6 is 0 Å². The van der Waals surface area contributed by atoms with Gasteiger partial charge < -0.3 is 10.6 Å². The first-order chi connectivity index (χ1) is 7.34. The number of aliphatic imine (C=N–C) groups is 1. The fraction of sp³-hybridized carbons (Fsp3) is 0.417. The van der Waals surface area contributed by atoms with E-state index in [2.05, 4.69) is 22.0 Å². The van der Waals surface area contributed by atoms with Gasteiger partial charge in [-0.1, -0.05) is 0 Å². The lowest BCUT2D eigenvalue weighted by Crippen LogP contribution is -2.19. The SMILES string of the molecule is Nc1cc2c(cc1N1CCCC1)CN=C2. The molecule has 0 atom stereocenters. The maximum Gasteiger partial charge on any atom is 0.0647 e. The van der Waals surface area contributed by atoms with Crippen LogP contribution in [0.4, 0.5) is 11.4 Å². The van der Waals surface area contributed by atoms with Crippen molar-refractivity contribution in [3.05, 3.63) is 23.3 Å². The number of nitrogens with zero attached hydrogens (tertiary/aromatic N) is 2. The number of hydrogen-bond acceptors (Lipinski definition) is 3. The van der Waals surface area contributed by atoms with Crippen molar-refractivity contribution >= 4 is 17.6 Å². The predicted molar refractivity (Wildman–Crippen MR) is 63.6 cm³/mol. The van der Waals surface area contributed by atoms with Crippen molar-refractivity contribution in [3.8, 4) is 0 Å². The van der Waals surface area contributed by atoms with Gasteiger partial charge in [0, 0.05) is 19.3 Å². The zero-order chi connectivity index (χ0) is 10.3. The molecule has 0 unspecified atom stereocenters. The second-order valence-corrected chi connectivity index (χ2v) is 4.27. The Morgan fingerprint density at radius 3 is 2.80 bits per heavy atom. The van der Waals surface area contributed by atoms with E-state index in [4.69, 9.17) is 5.73 Å². The van der Waals surface area contributed by atoms with E-state index < -0.39 is 0 Å². The van der Waals surface area contributed by atoms with Crippen molar-refractivity contribution in [1.29, 1.82) is 0 Å². The molecule has 2 aliphatic heterocycles. The van der Waals surface area contributed by atoms with Gasteiger partial charge in [0.05, 0.1) is 17.9 Å². The topological polar surface area (TPSA) is 41.6 Å². The molecule has 2 N–H and O–H groups in total. The number of benzene rings is 1.